The summed E-state index contributed by atoms with van der Waals surface area (Å²) in [7, 11) is 0. The van der Waals surface area contributed by atoms with Gasteiger partial charge >= 0.3 is 0 Å². The second-order valence-corrected chi connectivity index (χ2v) is 5.46. The number of hydrogen-bond acceptors (Lipinski definition) is 3. The Morgan fingerprint density at radius 3 is 2.69 bits per heavy atom. The van der Waals surface area contributed by atoms with Crippen molar-refractivity contribution in [2.45, 2.75) is 6.42 Å². The van der Waals surface area contributed by atoms with E-state index >= 15 is 0 Å². The molecule has 2 rings (SSSR count). The second kappa shape index (κ2) is 4.92. The fourth-order valence-electron chi connectivity index (χ4n) is 1.29. The van der Waals surface area contributed by atoms with Crippen molar-refractivity contribution in [3.05, 3.63) is 38.2 Å². The minimum atomic E-state index is -0.344. The Morgan fingerprint density at radius 2 is 2.06 bits per heavy atom. The summed E-state index contributed by atoms with van der Waals surface area (Å²) in [5.74, 6) is -0.344. The van der Waals surface area contributed by atoms with Crippen LogP contribution in [0.5, 0.6) is 0 Å². The summed E-state index contributed by atoms with van der Waals surface area (Å²) in [6.07, 6.45) is 0.217. The van der Waals surface area contributed by atoms with Crippen molar-refractivity contribution >= 4 is 39.8 Å². The molecule has 0 bridgehead atoms. The molecular weight excluding hydrogens is 335 g/mol. The van der Waals surface area contributed by atoms with E-state index in [1.54, 1.807) is 0 Å². The number of rotatable bonds is 3. The van der Waals surface area contributed by atoms with Crippen LogP contribution in [0.1, 0.15) is 5.01 Å². The van der Waals surface area contributed by atoms with Crippen LogP contribution in [0, 0.1) is 3.57 Å². The number of nitrogens with zero attached hydrogens (tertiary/aromatic N) is 1. The van der Waals surface area contributed by atoms with Crippen LogP contribution in [-0.4, -0.2) is 10.9 Å². The summed E-state index contributed by atoms with van der Waals surface area (Å²) >= 11 is 3.72. The number of halogens is 1. The van der Waals surface area contributed by atoms with Gasteiger partial charge in [-0.3, -0.25) is 4.79 Å². The number of carbonyl (C=O) groups is 1. The average molecular weight is 344 g/mol. The molecule has 1 aromatic heterocycles. The first-order chi connectivity index (χ1) is 7.65. The standard InChI is InChI=1S/C11H9IN2OS/c12-8-3-1-7(2-4-8)9-6-16-11(14-9)5-10(13)15/h1-4,6H,5H2,(H2,13,15). The van der Waals surface area contributed by atoms with Crippen molar-refractivity contribution in [2.24, 2.45) is 5.73 Å². The van der Waals surface area contributed by atoms with Crippen LogP contribution < -0.4 is 5.73 Å². The fraction of sp³-hybridized carbons (Fsp3) is 0.0909. The highest BCUT2D eigenvalue weighted by atomic mass is 127. The van der Waals surface area contributed by atoms with Crippen LogP contribution in [-0.2, 0) is 11.2 Å². The highest BCUT2D eigenvalue weighted by molar-refractivity contribution is 14.1. The third-order valence-electron chi connectivity index (χ3n) is 2.02. The molecule has 0 aliphatic carbocycles. The molecule has 16 heavy (non-hydrogen) atoms. The maximum absolute atomic E-state index is 10.7. The zero-order valence-electron chi connectivity index (χ0n) is 8.31. The Bertz CT molecular complexity index is 507. The van der Waals surface area contributed by atoms with Crippen molar-refractivity contribution in [2.75, 3.05) is 0 Å². The van der Waals surface area contributed by atoms with E-state index in [0.717, 1.165) is 16.3 Å². The largest absolute Gasteiger partial charge is 0.369 e. The highest BCUT2D eigenvalue weighted by Gasteiger charge is 2.06. The number of benzene rings is 1. The third-order valence-corrected chi connectivity index (χ3v) is 3.59. The van der Waals surface area contributed by atoms with Crippen LogP contribution in [0.4, 0.5) is 0 Å². The molecule has 2 aromatic rings. The molecule has 0 spiro atoms. The van der Waals surface area contributed by atoms with Crippen molar-refractivity contribution in [3.63, 3.8) is 0 Å². The first-order valence-electron chi connectivity index (χ1n) is 4.64. The second-order valence-electron chi connectivity index (χ2n) is 3.28. The Kier molecular flexibility index (Phi) is 3.55. The number of thiazole rings is 1. The van der Waals surface area contributed by atoms with E-state index in [9.17, 15) is 4.79 Å². The molecule has 0 unspecified atom stereocenters. The molecule has 1 aromatic carbocycles. The van der Waals surface area contributed by atoms with Gasteiger partial charge in [-0.15, -0.1) is 11.3 Å². The van der Waals surface area contributed by atoms with Gasteiger partial charge in [0.1, 0.15) is 5.01 Å². The van der Waals surface area contributed by atoms with E-state index in [2.05, 4.69) is 27.6 Å². The molecule has 1 heterocycles. The van der Waals surface area contributed by atoms with E-state index in [0.29, 0.717) is 0 Å². The van der Waals surface area contributed by atoms with Crippen LogP contribution >= 0.6 is 33.9 Å². The van der Waals surface area contributed by atoms with Crippen LogP contribution in [0.2, 0.25) is 0 Å². The quantitative estimate of drug-likeness (QED) is 0.870. The molecule has 82 valence electrons. The minimum Gasteiger partial charge on any atom is -0.369 e. The highest BCUT2D eigenvalue weighted by Crippen LogP contribution is 2.22. The lowest BCUT2D eigenvalue weighted by Gasteiger charge is -1.96. The van der Waals surface area contributed by atoms with E-state index in [1.807, 2.05) is 29.6 Å². The molecule has 0 fully saturated rings. The number of primary amides is 1. The summed E-state index contributed by atoms with van der Waals surface area (Å²) in [5, 5.41) is 2.71. The summed E-state index contributed by atoms with van der Waals surface area (Å²) in [4.78, 5) is 15.1. The normalized spacial score (nSPS) is 10.3. The number of aromatic nitrogens is 1. The van der Waals surface area contributed by atoms with Crippen molar-refractivity contribution in [1.29, 1.82) is 0 Å². The van der Waals surface area contributed by atoms with Crippen LogP contribution in [0.3, 0.4) is 0 Å². The average Bonchev–Trinajstić information content (AvgIpc) is 2.66. The number of nitrogens with two attached hydrogens (primary N) is 1. The van der Waals surface area contributed by atoms with Gasteiger partial charge in [-0.2, -0.15) is 0 Å². The maximum Gasteiger partial charge on any atom is 0.224 e. The zero-order valence-corrected chi connectivity index (χ0v) is 11.3. The lowest BCUT2D eigenvalue weighted by molar-refractivity contribution is -0.117. The van der Waals surface area contributed by atoms with Crippen molar-refractivity contribution in [3.8, 4) is 11.3 Å². The van der Waals surface area contributed by atoms with Crippen molar-refractivity contribution in [1.82, 2.24) is 4.98 Å². The predicted molar refractivity (Wildman–Crippen MR) is 73.2 cm³/mol. The van der Waals surface area contributed by atoms with Gasteiger partial charge in [0.15, 0.2) is 0 Å². The van der Waals surface area contributed by atoms with Gasteiger partial charge in [0, 0.05) is 14.5 Å². The van der Waals surface area contributed by atoms with E-state index < -0.39 is 0 Å². The predicted octanol–water partition coefficient (Wildman–Crippen LogP) is 2.44. The monoisotopic (exact) mass is 344 g/mol. The first-order valence-corrected chi connectivity index (χ1v) is 6.59. The molecular formula is C11H9IN2OS. The summed E-state index contributed by atoms with van der Waals surface area (Å²) in [6, 6.07) is 8.10. The summed E-state index contributed by atoms with van der Waals surface area (Å²) < 4.78 is 1.19. The lowest BCUT2D eigenvalue weighted by Crippen LogP contribution is -2.13. The molecule has 3 nitrogen and oxygen atoms in total. The van der Waals surface area contributed by atoms with Crippen LogP contribution in [0.25, 0.3) is 11.3 Å². The third kappa shape index (κ3) is 2.79. The Balaban J connectivity index is 2.24. The maximum atomic E-state index is 10.7. The topological polar surface area (TPSA) is 56.0 Å². The Hall–Kier alpha value is -0.950. The Morgan fingerprint density at radius 1 is 1.38 bits per heavy atom. The molecule has 0 aliphatic heterocycles. The Labute approximate surface area is 111 Å². The smallest absolute Gasteiger partial charge is 0.224 e. The van der Waals surface area contributed by atoms with Gasteiger partial charge < -0.3 is 5.73 Å². The van der Waals surface area contributed by atoms with E-state index in [4.69, 9.17) is 5.73 Å². The summed E-state index contributed by atoms with van der Waals surface area (Å²) in [6.45, 7) is 0. The molecule has 0 saturated heterocycles. The van der Waals surface area contributed by atoms with E-state index in [1.165, 1.54) is 14.9 Å². The zero-order chi connectivity index (χ0) is 11.5. The molecule has 2 N–H and O–H groups in total. The van der Waals surface area contributed by atoms with Crippen molar-refractivity contribution < 1.29 is 4.79 Å². The van der Waals surface area contributed by atoms with Gasteiger partial charge in [0.2, 0.25) is 5.91 Å². The van der Waals surface area contributed by atoms with Gasteiger partial charge in [0.25, 0.3) is 0 Å². The van der Waals surface area contributed by atoms with Gasteiger partial charge in [-0.25, -0.2) is 4.98 Å². The first kappa shape index (κ1) is 11.5. The molecule has 0 saturated carbocycles. The van der Waals surface area contributed by atoms with Gasteiger partial charge in [0.05, 0.1) is 12.1 Å². The minimum absolute atomic E-state index is 0.217. The molecule has 5 heteroatoms. The molecule has 1 amide bonds. The van der Waals surface area contributed by atoms with Gasteiger partial charge in [-0.1, -0.05) is 12.1 Å². The summed E-state index contributed by atoms with van der Waals surface area (Å²) in [5.41, 5.74) is 7.08. The fourth-order valence-corrected chi connectivity index (χ4v) is 2.47. The number of amides is 1. The van der Waals surface area contributed by atoms with Crippen LogP contribution in [0.15, 0.2) is 29.6 Å². The van der Waals surface area contributed by atoms with E-state index in [-0.39, 0.29) is 12.3 Å². The number of hydrogen-bond donors (Lipinski definition) is 1. The SMILES string of the molecule is NC(=O)Cc1nc(-c2ccc(I)cc2)cs1. The molecule has 0 aliphatic rings. The molecule has 0 atom stereocenters. The lowest BCUT2D eigenvalue weighted by atomic mass is 10.2. The molecule has 0 radical (unpaired) electrons. The number of carbonyl (C=O) groups excluding carboxylic acids is 1. The van der Waals surface area contributed by atoms with Gasteiger partial charge in [-0.05, 0) is 34.7 Å².